The highest BCUT2D eigenvalue weighted by Crippen LogP contribution is 2.24. The number of carbonyl (C=O) groups excluding carboxylic acids is 1. The number of sulfonamides is 1. The van der Waals surface area contributed by atoms with Crippen LogP contribution in [-0.4, -0.2) is 55.9 Å². The Kier molecular flexibility index (Phi) is 6.68. The minimum Gasteiger partial charge on any atom is -0.379 e. The first-order chi connectivity index (χ1) is 11.3. The van der Waals surface area contributed by atoms with Gasteiger partial charge in [0.15, 0.2) is 0 Å². The number of thioether (sulfide) groups is 1. The summed E-state index contributed by atoms with van der Waals surface area (Å²) in [5, 5.41) is 3.18. The first-order valence-corrected chi connectivity index (χ1v) is 10.4. The van der Waals surface area contributed by atoms with Crippen molar-refractivity contribution < 1.29 is 17.9 Å². The lowest BCUT2D eigenvalue weighted by atomic mass is 10.2. The van der Waals surface area contributed by atoms with Gasteiger partial charge in [-0.3, -0.25) is 4.79 Å². The van der Waals surface area contributed by atoms with Gasteiger partial charge in [0.2, 0.25) is 15.9 Å². The lowest BCUT2D eigenvalue weighted by molar-refractivity contribution is -0.113. The van der Waals surface area contributed by atoms with E-state index in [1.807, 2.05) is 20.8 Å². The van der Waals surface area contributed by atoms with Gasteiger partial charge in [-0.15, -0.1) is 11.8 Å². The lowest BCUT2D eigenvalue weighted by Gasteiger charge is -2.26. The highest BCUT2D eigenvalue weighted by atomic mass is 32.2. The summed E-state index contributed by atoms with van der Waals surface area (Å²) in [5.74, 6) is 0.218. The van der Waals surface area contributed by atoms with Gasteiger partial charge in [0.05, 0.1) is 23.9 Å². The van der Waals surface area contributed by atoms with E-state index in [2.05, 4.69) is 5.32 Å². The highest BCUT2D eigenvalue weighted by molar-refractivity contribution is 8.00. The summed E-state index contributed by atoms with van der Waals surface area (Å²) in [6.07, 6.45) is 0. The van der Waals surface area contributed by atoms with Crippen molar-refractivity contribution in [3.63, 3.8) is 0 Å². The van der Waals surface area contributed by atoms with Crippen LogP contribution in [0.5, 0.6) is 0 Å². The van der Waals surface area contributed by atoms with Crippen molar-refractivity contribution in [2.45, 2.75) is 30.9 Å². The Hall–Kier alpha value is -1.09. The van der Waals surface area contributed by atoms with Gasteiger partial charge >= 0.3 is 0 Å². The van der Waals surface area contributed by atoms with Gasteiger partial charge in [0.25, 0.3) is 0 Å². The van der Waals surface area contributed by atoms with E-state index >= 15 is 0 Å². The Morgan fingerprint density at radius 1 is 1.33 bits per heavy atom. The molecule has 1 aliphatic rings. The van der Waals surface area contributed by atoms with Crippen LogP contribution in [0.4, 0.5) is 5.69 Å². The predicted molar refractivity (Wildman–Crippen MR) is 97.0 cm³/mol. The summed E-state index contributed by atoms with van der Waals surface area (Å²) in [7, 11) is -3.57. The molecule has 1 fully saturated rings. The molecular weight excluding hydrogens is 348 g/mol. The van der Waals surface area contributed by atoms with Gasteiger partial charge in [0.1, 0.15) is 0 Å². The van der Waals surface area contributed by atoms with E-state index in [1.54, 1.807) is 23.9 Å². The topological polar surface area (TPSA) is 75.7 Å². The predicted octanol–water partition coefficient (Wildman–Crippen LogP) is 2.10. The Morgan fingerprint density at radius 2 is 2.00 bits per heavy atom. The van der Waals surface area contributed by atoms with E-state index in [0.717, 1.165) is 5.56 Å². The number of hydrogen-bond donors (Lipinski definition) is 1. The molecule has 0 spiro atoms. The van der Waals surface area contributed by atoms with Crippen LogP contribution in [0, 0.1) is 6.92 Å². The van der Waals surface area contributed by atoms with Crippen molar-refractivity contribution in [1.29, 1.82) is 0 Å². The number of morpholine rings is 1. The summed E-state index contributed by atoms with van der Waals surface area (Å²) in [6, 6.07) is 4.84. The Labute approximate surface area is 148 Å². The Bertz CT molecular complexity index is 683. The maximum absolute atomic E-state index is 12.7. The molecule has 0 unspecified atom stereocenters. The molecule has 1 aromatic carbocycles. The minimum absolute atomic E-state index is 0.127. The van der Waals surface area contributed by atoms with Crippen LogP contribution in [0.2, 0.25) is 0 Å². The van der Waals surface area contributed by atoms with Crippen molar-refractivity contribution in [2.75, 3.05) is 37.4 Å². The summed E-state index contributed by atoms with van der Waals surface area (Å²) >= 11 is 1.54. The van der Waals surface area contributed by atoms with E-state index in [9.17, 15) is 13.2 Å². The number of anilines is 1. The third-order valence-electron chi connectivity index (χ3n) is 3.64. The van der Waals surface area contributed by atoms with Gasteiger partial charge < -0.3 is 10.1 Å². The molecule has 1 heterocycles. The molecule has 0 bridgehead atoms. The maximum Gasteiger partial charge on any atom is 0.243 e. The van der Waals surface area contributed by atoms with Crippen LogP contribution in [-0.2, 0) is 19.6 Å². The molecule has 1 amide bonds. The number of nitrogens with one attached hydrogen (secondary N) is 1. The average Bonchev–Trinajstić information content (AvgIpc) is 2.55. The van der Waals surface area contributed by atoms with Gasteiger partial charge in [-0.25, -0.2) is 8.42 Å². The Morgan fingerprint density at radius 3 is 2.62 bits per heavy atom. The number of hydrogen-bond acceptors (Lipinski definition) is 5. The second-order valence-corrected chi connectivity index (χ2v) is 9.40. The summed E-state index contributed by atoms with van der Waals surface area (Å²) in [4.78, 5) is 12.2. The zero-order valence-corrected chi connectivity index (χ0v) is 15.9. The quantitative estimate of drug-likeness (QED) is 0.828. The van der Waals surface area contributed by atoms with Crippen molar-refractivity contribution in [3.8, 4) is 0 Å². The van der Waals surface area contributed by atoms with Crippen molar-refractivity contribution in [2.24, 2.45) is 0 Å². The van der Waals surface area contributed by atoms with Crippen LogP contribution >= 0.6 is 11.8 Å². The molecule has 0 radical (unpaired) electrons. The van der Waals surface area contributed by atoms with Crippen LogP contribution in [0.15, 0.2) is 23.1 Å². The Balaban J connectivity index is 2.17. The number of ether oxygens (including phenoxy) is 1. The third-order valence-corrected chi connectivity index (χ3v) is 6.63. The van der Waals surface area contributed by atoms with Gasteiger partial charge in [-0.05, 0) is 29.9 Å². The largest absolute Gasteiger partial charge is 0.379 e. The fourth-order valence-electron chi connectivity index (χ4n) is 2.26. The van der Waals surface area contributed by atoms with Gasteiger partial charge in [-0.2, -0.15) is 4.31 Å². The summed E-state index contributed by atoms with van der Waals surface area (Å²) in [5.41, 5.74) is 1.37. The number of nitrogens with zero attached hydrogens (tertiary/aromatic N) is 1. The minimum atomic E-state index is -3.57. The molecule has 8 heteroatoms. The number of rotatable bonds is 6. The van der Waals surface area contributed by atoms with Crippen LogP contribution in [0.25, 0.3) is 0 Å². The molecule has 1 aliphatic heterocycles. The van der Waals surface area contributed by atoms with E-state index in [4.69, 9.17) is 4.74 Å². The van der Waals surface area contributed by atoms with Gasteiger partial charge in [0, 0.05) is 18.8 Å². The summed E-state index contributed by atoms with van der Waals surface area (Å²) in [6.45, 7) is 7.40. The number of carbonyl (C=O) groups is 1. The number of benzene rings is 1. The summed E-state index contributed by atoms with van der Waals surface area (Å²) < 4.78 is 32.0. The van der Waals surface area contributed by atoms with Crippen molar-refractivity contribution in [1.82, 2.24) is 4.31 Å². The zero-order valence-electron chi connectivity index (χ0n) is 14.2. The second kappa shape index (κ2) is 8.33. The van der Waals surface area contributed by atoms with Crippen molar-refractivity contribution >= 4 is 33.4 Å². The average molecular weight is 373 g/mol. The molecule has 0 aliphatic carbocycles. The van der Waals surface area contributed by atoms with E-state index in [-0.39, 0.29) is 10.8 Å². The molecular formula is C16H24N2O4S2. The molecule has 1 N–H and O–H groups in total. The zero-order chi connectivity index (χ0) is 17.7. The molecule has 6 nitrogen and oxygen atoms in total. The fraction of sp³-hybridized carbons (Fsp3) is 0.562. The molecule has 0 atom stereocenters. The monoisotopic (exact) mass is 372 g/mol. The highest BCUT2D eigenvalue weighted by Gasteiger charge is 2.26. The molecule has 134 valence electrons. The maximum atomic E-state index is 12.7. The molecule has 1 aromatic rings. The first-order valence-electron chi connectivity index (χ1n) is 7.90. The lowest BCUT2D eigenvalue weighted by Crippen LogP contribution is -2.40. The van der Waals surface area contributed by atoms with E-state index in [1.165, 1.54) is 10.4 Å². The molecule has 24 heavy (non-hydrogen) atoms. The smallest absolute Gasteiger partial charge is 0.243 e. The van der Waals surface area contributed by atoms with Crippen LogP contribution in [0.3, 0.4) is 0 Å². The fourth-order valence-corrected chi connectivity index (χ4v) is 4.25. The SMILES string of the molecule is Cc1ccc(S(=O)(=O)N2CCOCC2)cc1NC(=O)CSC(C)C. The van der Waals surface area contributed by atoms with Crippen LogP contribution in [0.1, 0.15) is 19.4 Å². The van der Waals surface area contributed by atoms with Crippen LogP contribution < -0.4 is 5.32 Å². The van der Waals surface area contributed by atoms with Crippen molar-refractivity contribution in [3.05, 3.63) is 23.8 Å². The molecule has 2 rings (SSSR count). The normalized spacial score (nSPS) is 16.3. The third kappa shape index (κ3) is 4.95. The second-order valence-electron chi connectivity index (χ2n) is 5.90. The van der Waals surface area contributed by atoms with E-state index in [0.29, 0.717) is 43.0 Å². The first kappa shape index (κ1) is 19.2. The number of aryl methyl sites for hydroxylation is 1. The molecule has 0 saturated carbocycles. The molecule has 0 aromatic heterocycles. The number of amides is 1. The van der Waals surface area contributed by atoms with E-state index < -0.39 is 10.0 Å². The standard InChI is InChI=1S/C16H24N2O4S2/c1-12(2)23-11-16(19)17-15-10-14(5-4-13(15)3)24(20,21)18-6-8-22-9-7-18/h4-5,10,12H,6-9,11H2,1-3H3,(H,17,19). The van der Waals surface area contributed by atoms with Gasteiger partial charge in [-0.1, -0.05) is 19.9 Å². The molecule has 1 saturated heterocycles.